The van der Waals surface area contributed by atoms with E-state index in [4.69, 9.17) is 4.98 Å². The Labute approximate surface area is 205 Å². The van der Waals surface area contributed by atoms with Crippen LogP contribution in [-0.4, -0.2) is 27.4 Å². The summed E-state index contributed by atoms with van der Waals surface area (Å²) in [6, 6.07) is 24.8. The fraction of sp³-hybridized carbons (Fsp3) is 0.250. The summed E-state index contributed by atoms with van der Waals surface area (Å²) in [6.07, 6.45) is 1.67. The number of hydrogen-bond donors (Lipinski definition) is 1. The van der Waals surface area contributed by atoms with Crippen molar-refractivity contribution in [1.82, 2.24) is 15.0 Å². The molecule has 3 aromatic carbocycles. The number of amides is 1. The first kappa shape index (κ1) is 23.8. The average Bonchev–Trinajstić information content (AvgIpc) is 3.16. The molecule has 0 bridgehead atoms. The van der Waals surface area contributed by atoms with E-state index in [-0.39, 0.29) is 17.1 Å². The molecule has 0 fully saturated rings. The van der Waals surface area contributed by atoms with Crippen LogP contribution in [0, 0.1) is 6.92 Å². The summed E-state index contributed by atoms with van der Waals surface area (Å²) in [5, 5.41) is 4.94. The largest absolute Gasteiger partial charge is 0.314 e. The number of fused-ring (bicyclic) bond motifs is 1. The van der Waals surface area contributed by atoms with Gasteiger partial charge in [-0.3, -0.25) is 4.79 Å². The van der Waals surface area contributed by atoms with Crippen LogP contribution in [0.2, 0.25) is 0 Å². The van der Waals surface area contributed by atoms with Gasteiger partial charge < -0.3 is 4.57 Å². The third-order valence-electron chi connectivity index (χ3n) is 5.59. The van der Waals surface area contributed by atoms with Gasteiger partial charge in [0.05, 0.1) is 29.5 Å². The number of thioether (sulfide) groups is 1. The van der Waals surface area contributed by atoms with E-state index in [1.165, 1.54) is 28.5 Å². The van der Waals surface area contributed by atoms with Crippen LogP contribution < -0.4 is 5.43 Å². The van der Waals surface area contributed by atoms with E-state index >= 15 is 0 Å². The number of imidazole rings is 1. The number of rotatable bonds is 7. The van der Waals surface area contributed by atoms with Gasteiger partial charge in [0.25, 0.3) is 5.91 Å². The number of aromatic nitrogens is 2. The number of hydrogen-bond acceptors (Lipinski definition) is 4. The normalized spacial score (nSPS) is 11.9. The number of nitrogens with one attached hydrogen (secondary N) is 1. The fourth-order valence-corrected chi connectivity index (χ4v) is 4.41. The van der Waals surface area contributed by atoms with Crippen LogP contribution in [0.1, 0.15) is 43.0 Å². The van der Waals surface area contributed by atoms with Gasteiger partial charge in [-0.25, -0.2) is 10.4 Å². The van der Waals surface area contributed by atoms with E-state index in [0.29, 0.717) is 6.54 Å². The first-order valence-corrected chi connectivity index (χ1v) is 12.3. The summed E-state index contributed by atoms with van der Waals surface area (Å²) in [5.41, 5.74) is 9.36. The van der Waals surface area contributed by atoms with Crippen molar-refractivity contribution in [3.05, 3.63) is 95.1 Å². The molecule has 0 aliphatic rings. The summed E-state index contributed by atoms with van der Waals surface area (Å²) >= 11 is 1.42. The molecule has 0 aliphatic heterocycles. The number of nitrogens with zero attached hydrogens (tertiary/aromatic N) is 3. The number of carbonyl (C=O) groups is 1. The number of benzene rings is 3. The van der Waals surface area contributed by atoms with Gasteiger partial charge >= 0.3 is 0 Å². The van der Waals surface area contributed by atoms with Crippen molar-refractivity contribution >= 4 is 34.9 Å². The second-order valence-corrected chi connectivity index (χ2v) is 10.4. The lowest BCUT2D eigenvalue weighted by Gasteiger charge is -2.18. The Kier molecular flexibility index (Phi) is 7.17. The molecule has 1 amide bonds. The maximum atomic E-state index is 12.4. The predicted molar refractivity (Wildman–Crippen MR) is 142 cm³/mol. The first-order chi connectivity index (χ1) is 16.3. The highest BCUT2D eigenvalue weighted by atomic mass is 32.2. The average molecular weight is 471 g/mol. The van der Waals surface area contributed by atoms with Crippen LogP contribution >= 0.6 is 11.8 Å². The highest BCUT2D eigenvalue weighted by Crippen LogP contribution is 2.25. The lowest BCUT2D eigenvalue weighted by Crippen LogP contribution is -2.20. The third kappa shape index (κ3) is 5.94. The molecule has 6 heteroatoms. The van der Waals surface area contributed by atoms with Crippen molar-refractivity contribution < 1.29 is 4.79 Å². The van der Waals surface area contributed by atoms with Gasteiger partial charge in [0.15, 0.2) is 5.16 Å². The number of aryl methyl sites for hydroxylation is 1. The van der Waals surface area contributed by atoms with Crippen LogP contribution in [0.25, 0.3) is 11.0 Å². The molecule has 5 nitrogen and oxygen atoms in total. The van der Waals surface area contributed by atoms with Crippen molar-refractivity contribution in [1.29, 1.82) is 0 Å². The Balaban J connectivity index is 1.40. The zero-order chi connectivity index (χ0) is 24.1. The topological polar surface area (TPSA) is 59.3 Å². The molecule has 1 N–H and O–H groups in total. The molecule has 0 spiro atoms. The molecule has 0 atom stereocenters. The standard InChI is InChI=1S/C28H30N4OS/c1-20-9-11-22(12-10-20)18-32-25-8-6-5-7-24(25)30-27(32)34-19-26(33)31-29-17-21-13-15-23(16-14-21)28(2,3)4/h5-17H,18-19H2,1-4H3,(H,31,33)/b29-17-. The summed E-state index contributed by atoms with van der Waals surface area (Å²) in [5.74, 6) is 0.0684. The minimum absolute atomic E-state index is 0.108. The fourth-order valence-electron chi connectivity index (χ4n) is 3.60. The molecule has 0 saturated heterocycles. The van der Waals surface area contributed by atoms with Crippen LogP contribution in [0.15, 0.2) is 83.1 Å². The SMILES string of the molecule is Cc1ccc(Cn2c(SCC(=O)N/N=C\c3ccc(C(C)(C)C)cc3)nc3ccccc32)cc1. The number of carbonyl (C=O) groups excluding carboxylic acids is 1. The summed E-state index contributed by atoms with van der Waals surface area (Å²) in [6.45, 7) is 9.34. The van der Waals surface area contributed by atoms with Gasteiger partial charge in [0.1, 0.15) is 0 Å². The Bertz CT molecular complexity index is 1300. The van der Waals surface area contributed by atoms with E-state index in [0.717, 1.165) is 21.8 Å². The first-order valence-electron chi connectivity index (χ1n) is 11.4. The summed E-state index contributed by atoms with van der Waals surface area (Å²) < 4.78 is 2.16. The highest BCUT2D eigenvalue weighted by Gasteiger charge is 2.14. The van der Waals surface area contributed by atoms with Gasteiger partial charge in [-0.05, 0) is 41.2 Å². The summed E-state index contributed by atoms with van der Waals surface area (Å²) in [4.78, 5) is 17.2. The van der Waals surface area contributed by atoms with Gasteiger partial charge in [0, 0.05) is 0 Å². The summed E-state index contributed by atoms with van der Waals surface area (Å²) in [7, 11) is 0. The highest BCUT2D eigenvalue weighted by molar-refractivity contribution is 7.99. The second-order valence-electron chi connectivity index (χ2n) is 9.41. The van der Waals surface area contributed by atoms with Gasteiger partial charge in [0.2, 0.25) is 0 Å². The monoisotopic (exact) mass is 470 g/mol. The molecule has 0 aliphatic carbocycles. The molecular formula is C28H30N4OS. The van der Waals surface area contributed by atoms with E-state index < -0.39 is 0 Å². The van der Waals surface area contributed by atoms with E-state index in [1.807, 2.05) is 30.3 Å². The minimum Gasteiger partial charge on any atom is -0.314 e. The van der Waals surface area contributed by atoms with Crippen molar-refractivity contribution in [2.24, 2.45) is 5.10 Å². The predicted octanol–water partition coefficient (Wildman–Crippen LogP) is 5.93. The Morgan fingerprint density at radius 3 is 2.44 bits per heavy atom. The van der Waals surface area contributed by atoms with Crippen molar-refractivity contribution in [2.45, 2.75) is 44.8 Å². The Morgan fingerprint density at radius 2 is 1.74 bits per heavy atom. The number of hydrazone groups is 1. The molecule has 0 unspecified atom stereocenters. The van der Waals surface area contributed by atoms with E-state index in [9.17, 15) is 4.79 Å². The van der Waals surface area contributed by atoms with E-state index in [1.54, 1.807) is 6.21 Å². The molecule has 0 saturated carbocycles. The van der Waals surface area contributed by atoms with Crippen LogP contribution in [0.3, 0.4) is 0 Å². The minimum atomic E-state index is -0.165. The van der Waals surface area contributed by atoms with Gasteiger partial charge in [-0.15, -0.1) is 0 Å². The zero-order valence-electron chi connectivity index (χ0n) is 20.1. The molecule has 1 heterocycles. The van der Waals surface area contributed by atoms with Crippen LogP contribution in [-0.2, 0) is 16.8 Å². The molecule has 1 aromatic heterocycles. The van der Waals surface area contributed by atoms with Crippen molar-refractivity contribution in [3.8, 4) is 0 Å². The molecule has 0 radical (unpaired) electrons. The van der Waals surface area contributed by atoms with Crippen molar-refractivity contribution in [3.63, 3.8) is 0 Å². The van der Waals surface area contributed by atoms with Crippen LogP contribution in [0.5, 0.6) is 0 Å². The molecule has 34 heavy (non-hydrogen) atoms. The lowest BCUT2D eigenvalue weighted by atomic mass is 9.87. The Morgan fingerprint density at radius 1 is 1.03 bits per heavy atom. The van der Waals surface area contributed by atoms with Crippen LogP contribution in [0.4, 0.5) is 0 Å². The molecular weight excluding hydrogens is 440 g/mol. The third-order valence-corrected chi connectivity index (χ3v) is 6.57. The molecule has 4 rings (SSSR count). The lowest BCUT2D eigenvalue weighted by molar-refractivity contribution is -0.118. The maximum Gasteiger partial charge on any atom is 0.250 e. The molecule has 174 valence electrons. The van der Waals surface area contributed by atoms with Gasteiger partial charge in [-0.1, -0.05) is 98.8 Å². The quantitative estimate of drug-likeness (QED) is 0.207. The second kappa shape index (κ2) is 10.3. The van der Waals surface area contributed by atoms with Gasteiger partial charge in [-0.2, -0.15) is 5.10 Å². The molecule has 4 aromatic rings. The Hall–Kier alpha value is -3.38. The van der Waals surface area contributed by atoms with E-state index in [2.05, 4.69) is 85.3 Å². The maximum absolute atomic E-state index is 12.4. The number of para-hydroxylation sites is 2. The van der Waals surface area contributed by atoms with Crippen molar-refractivity contribution in [2.75, 3.05) is 5.75 Å². The smallest absolute Gasteiger partial charge is 0.250 e. The zero-order valence-corrected chi connectivity index (χ0v) is 20.9.